The van der Waals surface area contributed by atoms with Crippen molar-refractivity contribution in [3.05, 3.63) is 70.7 Å². The van der Waals surface area contributed by atoms with Crippen LogP contribution in [-0.2, 0) is 16.1 Å². The topological polar surface area (TPSA) is 111 Å². The molecule has 0 bridgehead atoms. The van der Waals surface area contributed by atoms with Gasteiger partial charge >= 0.3 is 0 Å². The van der Waals surface area contributed by atoms with Crippen LogP contribution in [0.25, 0.3) is 11.4 Å². The predicted molar refractivity (Wildman–Crippen MR) is 148 cm³/mol. The van der Waals surface area contributed by atoms with E-state index in [4.69, 9.17) is 9.47 Å². The highest BCUT2D eigenvalue weighted by Crippen LogP contribution is 2.38. The zero-order valence-corrected chi connectivity index (χ0v) is 22.9. The Morgan fingerprint density at radius 2 is 1.88 bits per heavy atom. The van der Waals surface area contributed by atoms with Crippen LogP contribution in [0.1, 0.15) is 31.2 Å². The number of hydrogen-bond acceptors (Lipinski definition) is 8. The number of halogens is 1. The zero-order chi connectivity index (χ0) is 28.1. The molecule has 0 fully saturated rings. The maximum Gasteiger partial charge on any atom is 0.251 e. The molecule has 0 saturated heterocycles. The molecule has 0 saturated carbocycles. The van der Waals surface area contributed by atoms with Gasteiger partial charge in [0.25, 0.3) is 5.91 Å². The van der Waals surface area contributed by atoms with E-state index >= 15 is 0 Å². The van der Waals surface area contributed by atoms with Gasteiger partial charge in [-0.3, -0.25) is 14.5 Å². The normalized spacial score (nSPS) is 13.2. The number of nitrogens with one attached hydrogen (secondary N) is 1. The molecule has 208 valence electrons. The molecule has 0 spiro atoms. The van der Waals surface area contributed by atoms with Crippen LogP contribution in [0.5, 0.6) is 11.5 Å². The molecule has 10 nitrogen and oxygen atoms in total. The van der Waals surface area contributed by atoms with E-state index in [2.05, 4.69) is 34.6 Å². The van der Waals surface area contributed by atoms with E-state index in [9.17, 15) is 14.0 Å². The number of hydrogen-bond donors (Lipinski definition) is 1. The third-order valence-electron chi connectivity index (χ3n) is 6.24. The number of carbonyl (C=O) groups excluding carboxylic acids is 2. The van der Waals surface area contributed by atoms with Crippen molar-refractivity contribution < 1.29 is 23.5 Å². The molecule has 40 heavy (non-hydrogen) atoms. The fourth-order valence-corrected chi connectivity index (χ4v) is 5.05. The van der Waals surface area contributed by atoms with Gasteiger partial charge in [-0.05, 0) is 65.4 Å². The molecule has 1 aliphatic rings. The summed E-state index contributed by atoms with van der Waals surface area (Å²) in [5.41, 5.74) is 1.02. The minimum atomic E-state index is -0.942. The van der Waals surface area contributed by atoms with Gasteiger partial charge in [0, 0.05) is 28.7 Å². The number of thiophene rings is 1. The van der Waals surface area contributed by atoms with E-state index < -0.39 is 11.9 Å². The van der Waals surface area contributed by atoms with Crippen LogP contribution in [0, 0.1) is 11.7 Å². The van der Waals surface area contributed by atoms with Crippen LogP contribution in [0.3, 0.4) is 0 Å². The minimum absolute atomic E-state index is 0.250. The lowest BCUT2D eigenvalue weighted by Gasteiger charge is -2.31. The fourth-order valence-electron chi connectivity index (χ4n) is 4.24. The van der Waals surface area contributed by atoms with Gasteiger partial charge in [-0.15, -0.1) is 21.5 Å². The van der Waals surface area contributed by atoms with Gasteiger partial charge in [0.05, 0.1) is 0 Å². The Bertz CT molecular complexity index is 1460. The smallest absolute Gasteiger partial charge is 0.251 e. The predicted octanol–water partition coefficient (Wildman–Crippen LogP) is 4.25. The number of amides is 2. The lowest BCUT2D eigenvalue weighted by Crippen LogP contribution is -2.45. The summed E-state index contributed by atoms with van der Waals surface area (Å²) in [4.78, 5) is 31.0. The number of aromatic nitrogens is 4. The third-order valence-corrected chi connectivity index (χ3v) is 7.17. The number of carbonyl (C=O) groups is 2. The van der Waals surface area contributed by atoms with Crippen LogP contribution in [0.2, 0.25) is 0 Å². The minimum Gasteiger partial charge on any atom is -0.486 e. The average Bonchev–Trinajstić information content (AvgIpc) is 3.64. The first-order valence-electron chi connectivity index (χ1n) is 13.0. The quantitative estimate of drug-likeness (QED) is 0.307. The molecule has 12 heteroatoms. The van der Waals surface area contributed by atoms with E-state index in [-0.39, 0.29) is 24.1 Å². The van der Waals surface area contributed by atoms with Gasteiger partial charge in [-0.2, -0.15) is 4.80 Å². The van der Waals surface area contributed by atoms with E-state index in [1.54, 1.807) is 18.2 Å². The maximum atomic E-state index is 14.0. The van der Waals surface area contributed by atoms with Gasteiger partial charge in [0.2, 0.25) is 11.7 Å². The molecule has 0 aliphatic carbocycles. The second kappa shape index (κ2) is 12.2. The maximum absolute atomic E-state index is 14.0. The molecule has 5 rings (SSSR count). The molecule has 1 N–H and O–H groups in total. The molecule has 1 aliphatic heterocycles. The van der Waals surface area contributed by atoms with E-state index in [0.717, 1.165) is 11.2 Å². The second-order valence-electron chi connectivity index (χ2n) is 9.63. The highest BCUT2D eigenvalue weighted by Gasteiger charge is 2.34. The van der Waals surface area contributed by atoms with Crippen molar-refractivity contribution in [3.8, 4) is 22.9 Å². The first kappa shape index (κ1) is 27.3. The van der Waals surface area contributed by atoms with Gasteiger partial charge < -0.3 is 14.8 Å². The number of rotatable bonds is 10. The van der Waals surface area contributed by atoms with E-state index in [1.165, 1.54) is 40.5 Å². The first-order valence-corrected chi connectivity index (χ1v) is 13.8. The van der Waals surface area contributed by atoms with Crippen molar-refractivity contribution in [2.75, 3.05) is 24.7 Å². The SMILES string of the molecule is CC(C)CCNC(=O)C(c1cccs1)N(C(=O)Cn1nnc(-c2ccc(F)cc2)n1)c1ccc2c(c1)OCCO2. The Morgan fingerprint density at radius 3 is 2.60 bits per heavy atom. The highest BCUT2D eigenvalue weighted by molar-refractivity contribution is 7.10. The summed E-state index contributed by atoms with van der Waals surface area (Å²) in [6, 6.07) is 13.6. The number of benzene rings is 2. The zero-order valence-electron chi connectivity index (χ0n) is 22.1. The summed E-state index contributed by atoms with van der Waals surface area (Å²) in [6.45, 7) is 5.17. The van der Waals surface area contributed by atoms with Gasteiger partial charge in [0.15, 0.2) is 11.5 Å². The van der Waals surface area contributed by atoms with Crippen molar-refractivity contribution in [2.24, 2.45) is 5.92 Å². The van der Waals surface area contributed by atoms with Crippen molar-refractivity contribution in [1.82, 2.24) is 25.5 Å². The largest absolute Gasteiger partial charge is 0.486 e. The van der Waals surface area contributed by atoms with Crippen molar-refractivity contribution in [3.63, 3.8) is 0 Å². The highest BCUT2D eigenvalue weighted by atomic mass is 32.1. The van der Waals surface area contributed by atoms with Gasteiger partial charge in [-0.1, -0.05) is 19.9 Å². The molecular weight excluding hydrogens is 535 g/mol. The summed E-state index contributed by atoms with van der Waals surface area (Å²) < 4.78 is 24.8. The summed E-state index contributed by atoms with van der Waals surface area (Å²) in [7, 11) is 0. The van der Waals surface area contributed by atoms with Crippen molar-refractivity contribution >= 4 is 28.8 Å². The Hall–Kier alpha value is -4.32. The van der Waals surface area contributed by atoms with Gasteiger partial charge in [-0.25, -0.2) is 4.39 Å². The Kier molecular flexibility index (Phi) is 8.34. The lowest BCUT2D eigenvalue weighted by atomic mass is 10.1. The standard InChI is InChI=1S/C28H29FN6O4S/c1-18(2)11-12-30-28(37)26(24-4-3-15-40-24)35(21-9-10-22-23(16-21)39-14-13-38-22)25(36)17-34-32-27(31-33-34)19-5-7-20(29)8-6-19/h3-10,15-16,18,26H,11-14,17H2,1-2H3,(H,30,37). The Labute approximate surface area is 234 Å². The second-order valence-corrected chi connectivity index (χ2v) is 10.6. The monoisotopic (exact) mass is 564 g/mol. The third kappa shape index (κ3) is 6.28. The molecule has 2 amide bonds. The van der Waals surface area contributed by atoms with E-state index in [0.29, 0.717) is 53.3 Å². The summed E-state index contributed by atoms with van der Waals surface area (Å²) in [5, 5.41) is 17.2. The molecule has 2 aromatic carbocycles. The number of tetrazole rings is 1. The molecule has 1 atom stereocenters. The summed E-state index contributed by atoms with van der Waals surface area (Å²) >= 11 is 1.39. The number of nitrogens with zero attached hydrogens (tertiary/aromatic N) is 5. The summed E-state index contributed by atoms with van der Waals surface area (Å²) in [5.74, 6) is 0.599. The van der Waals surface area contributed by atoms with E-state index in [1.807, 2.05) is 17.5 Å². The molecule has 0 radical (unpaired) electrons. The molecule has 3 heterocycles. The van der Waals surface area contributed by atoms with Crippen LogP contribution in [0.15, 0.2) is 60.0 Å². The van der Waals surface area contributed by atoms with Crippen molar-refractivity contribution in [2.45, 2.75) is 32.9 Å². The van der Waals surface area contributed by atoms with Crippen LogP contribution in [0.4, 0.5) is 10.1 Å². The van der Waals surface area contributed by atoms with Crippen LogP contribution < -0.4 is 19.7 Å². The number of ether oxygens (including phenoxy) is 2. The average molecular weight is 565 g/mol. The van der Waals surface area contributed by atoms with Gasteiger partial charge in [0.1, 0.15) is 31.6 Å². The molecule has 4 aromatic rings. The van der Waals surface area contributed by atoms with Crippen LogP contribution in [-0.4, -0.2) is 51.8 Å². The fraction of sp³-hybridized carbons (Fsp3) is 0.321. The molecular formula is C28H29FN6O4S. The molecule has 1 unspecified atom stereocenters. The summed E-state index contributed by atoms with van der Waals surface area (Å²) in [6.07, 6.45) is 0.801. The molecule has 2 aromatic heterocycles. The first-order chi connectivity index (χ1) is 19.4. The number of fused-ring (bicyclic) bond motifs is 1. The van der Waals surface area contributed by atoms with Crippen LogP contribution >= 0.6 is 11.3 Å². The lowest BCUT2D eigenvalue weighted by molar-refractivity contribution is -0.127. The van der Waals surface area contributed by atoms with Crippen molar-refractivity contribution in [1.29, 1.82) is 0 Å². The Morgan fingerprint density at radius 1 is 1.10 bits per heavy atom. The number of anilines is 1. The Balaban J connectivity index is 1.48.